The Morgan fingerprint density at radius 2 is 1.95 bits per heavy atom. The van der Waals surface area contributed by atoms with Gasteiger partial charge >= 0.3 is 6.03 Å². The molecule has 2 heterocycles. The number of amides is 2. The Morgan fingerprint density at radius 1 is 1.35 bits per heavy atom. The highest BCUT2D eigenvalue weighted by Gasteiger charge is 2.26. The number of carbonyl (C=O) groups excluding carboxylic acids is 1. The van der Waals surface area contributed by atoms with E-state index in [0.29, 0.717) is 12.0 Å². The van der Waals surface area contributed by atoms with Gasteiger partial charge in [-0.1, -0.05) is 13.8 Å². The lowest BCUT2D eigenvalue weighted by molar-refractivity contribution is 0.145. The molecule has 5 nitrogen and oxygen atoms in total. The number of piperidine rings is 1. The molecule has 1 saturated heterocycles. The molecule has 0 aliphatic carbocycles. The van der Waals surface area contributed by atoms with Gasteiger partial charge in [-0.05, 0) is 31.7 Å². The summed E-state index contributed by atoms with van der Waals surface area (Å²) >= 11 is 0. The van der Waals surface area contributed by atoms with E-state index in [1.165, 1.54) is 5.69 Å². The molecule has 1 aliphatic heterocycles. The minimum atomic E-state index is 0.115. The molecule has 0 saturated carbocycles. The lowest BCUT2D eigenvalue weighted by Crippen LogP contribution is -2.44. The van der Waals surface area contributed by atoms with Gasteiger partial charge in [0.2, 0.25) is 0 Å². The standard InChI is InChI=1S/C15H26N4O/c1-11(2)14-10-12(3)16-19(14)13-6-8-18(9-7-13)15(20)17(4)5/h10-11,13H,6-9H2,1-5H3. The third kappa shape index (κ3) is 2.97. The molecule has 1 fully saturated rings. The molecule has 20 heavy (non-hydrogen) atoms. The van der Waals surface area contributed by atoms with Crippen LogP contribution in [0.1, 0.15) is 50.0 Å². The van der Waals surface area contributed by atoms with Gasteiger partial charge in [-0.3, -0.25) is 4.68 Å². The number of likely N-dealkylation sites (tertiary alicyclic amines) is 1. The summed E-state index contributed by atoms with van der Waals surface area (Å²) in [7, 11) is 3.62. The quantitative estimate of drug-likeness (QED) is 0.834. The topological polar surface area (TPSA) is 41.4 Å². The number of rotatable bonds is 2. The number of aromatic nitrogens is 2. The van der Waals surface area contributed by atoms with Gasteiger partial charge in [0, 0.05) is 32.9 Å². The fourth-order valence-electron chi connectivity index (χ4n) is 2.84. The average molecular weight is 278 g/mol. The maximum absolute atomic E-state index is 11.9. The first-order valence-corrected chi connectivity index (χ1v) is 7.42. The lowest BCUT2D eigenvalue weighted by atomic mass is 10.0. The van der Waals surface area contributed by atoms with Crippen LogP contribution in [-0.2, 0) is 0 Å². The van der Waals surface area contributed by atoms with Crippen LogP contribution in [0.4, 0.5) is 4.79 Å². The van der Waals surface area contributed by atoms with E-state index in [0.717, 1.165) is 31.6 Å². The van der Waals surface area contributed by atoms with Crippen molar-refractivity contribution in [2.75, 3.05) is 27.2 Å². The summed E-state index contributed by atoms with van der Waals surface area (Å²) in [6.07, 6.45) is 1.97. The molecule has 0 spiro atoms. The largest absolute Gasteiger partial charge is 0.331 e. The van der Waals surface area contributed by atoms with E-state index in [1.54, 1.807) is 4.90 Å². The number of carbonyl (C=O) groups is 1. The van der Waals surface area contributed by atoms with Crippen molar-refractivity contribution in [3.05, 3.63) is 17.5 Å². The maximum Gasteiger partial charge on any atom is 0.319 e. The predicted octanol–water partition coefficient (Wildman–Crippen LogP) is 2.63. The van der Waals surface area contributed by atoms with Crippen molar-refractivity contribution in [2.45, 2.75) is 45.6 Å². The molecule has 0 N–H and O–H groups in total. The van der Waals surface area contributed by atoms with Crippen molar-refractivity contribution in [2.24, 2.45) is 0 Å². The Kier molecular flexibility index (Phi) is 4.35. The monoisotopic (exact) mass is 278 g/mol. The molecular weight excluding hydrogens is 252 g/mol. The van der Waals surface area contributed by atoms with Crippen LogP contribution in [0.3, 0.4) is 0 Å². The van der Waals surface area contributed by atoms with Crippen LogP contribution in [0.5, 0.6) is 0 Å². The predicted molar refractivity (Wildman–Crippen MR) is 80.0 cm³/mol. The van der Waals surface area contributed by atoms with E-state index in [9.17, 15) is 4.79 Å². The van der Waals surface area contributed by atoms with Crippen LogP contribution in [-0.4, -0.2) is 52.8 Å². The van der Waals surface area contributed by atoms with Crippen LogP contribution in [0.25, 0.3) is 0 Å². The van der Waals surface area contributed by atoms with Crippen molar-refractivity contribution < 1.29 is 4.79 Å². The Balaban J connectivity index is 2.06. The van der Waals surface area contributed by atoms with Gasteiger partial charge in [-0.15, -0.1) is 0 Å². The fourth-order valence-corrected chi connectivity index (χ4v) is 2.84. The molecule has 1 aromatic rings. The van der Waals surface area contributed by atoms with E-state index < -0.39 is 0 Å². The van der Waals surface area contributed by atoms with Crippen LogP contribution in [0, 0.1) is 6.92 Å². The first-order valence-electron chi connectivity index (χ1n) is 7.42. The minimum absolute atomic E-state index is 0.115. The van der Waals surface area contributed by atoms with Crippen molar-refractivity contribution in [1.29, 1.82) is 0 Å². The summed E-state index contributed by atoms with van der Waals surface area (Å²) in [6, 6.07) is 2.72. The Bertz CT molecular complexity index is 470. The molecule has 0 radical (unpaired) electrons. The van der Waals surface area contributed by atoms with Crippen LogP contribution in [0.2, 0.25) is 0 Å². The number of aryl methyl sites for hydroxylation is 1. The SMILES string of the molecule is Cc1cc(C(C)C)n(C2CCN(C(=O)N(C)C)CC2)n1. The third-order valence-corrected chi connectivity index (χ3v) is 3.94. The summed E-state index contributed by atoms with van der Waals surface area (Å²) in [6.45, 7) is 8.10. The molecule has 0 unspecified atom stereocenters. The van der Waals surface area contributed by atoms with Gasteiger partial charge in [-0.2, -0.15) is 5.10 Å². The first-order chi connectivity index (χ1) is 9.40. The van der Waals surface area contributed by atoms with Gasteiger partial charge in [0.25, 0.3) is 0 Å². The summed E-state index contributed by atoms with van der Waals surface area (Å²) in [4.78, 5) is 15.5. The molecule has 2 amide bonds. The molecule has 2 rings (SSSR count). The van der Waals surface area contributed by atoms with E-state index in [1.807, 2.05) is 25.9 Å². The van der Waals surface area contributed by atoms with Crippen LogP contribution >= 0.6 is 0 Å². The molecule has 1 aromatic heterocycles. The van der Waals surface area contributed by atoms with Crippen LogP contribution in [0.15, 0.2) is 6.07 Å². The Hall–Kier alpha value is -1.52. The molecule has 0 bridgehead atoms. The summed E-state index contributed by atoms with van der Waals surface area (Å²) in [5.74, 6) is 0.484. The average Bonchev–Trinajstić information content (AvgIpc) is 2.80. The molecule has 0 atom stereocenters. The van der Waals surface area contributed by atoms with Gasteiger partial charge in [0.15, 0.2) is 0 Å². The van der Waals surface area contributed by atoms with Gasteiger partial charge in [0.1, 0.15) is 0 Å². The van der Waals surface area contributed by atoms with Crippen molar-refractivity contribution in [3.8, 4) is 0 Å². The van der Waals surface area contributed by atoms with Crippen LogP contribution < -0.4 is 0 Å². The zero-order chi connectivity index (χ0) is 14.9. The molecule has 1 aliphatic rings. The minimum Gasteiger partial charge on any atom is -0.331 e. The smallest absolute Gasteiger partial charge is 0.319 e. The van der Waals surface area contributed by atoms with Crippen molar-refractivity contribution in [1.82, 2.24) is 19.6 Å². The maximum atomic E-state index is 11.9. The summed E-state index contributed by atoms with van der Waals surface area (Å²) in [5.41, 5.74) is 2.39. The van der Waals surface area contributed by atoms with Gasteiger partial charge in [0.05, 0.1) is 11.7 Å². The summed E-state index contributed by atoms with van der Waals surface area (Å²) < 4.78 is 2.19. The Labute approximate surface area is 121 Å². The lowest BCUT2D eigenvalue weighted by Gasteiger charge is -2.34. The third-order valence-electron chi connectivity index (χ3n) is 3.94. The molecular formula is C15H26N4O. The highest BCUT2D eigenvalue weighted by molar-refractivity contribution is 5.73. The van der Waals surface area contributed by atoms with Crippen molar-refractivity contribution >= 4 is 6.03 Å². The highest BCUT2D eigenvalue weighted by atomic mass is 16.2. The van der Waals surface area contributed by atoms with E-state index in [2.05, 4.69) is 29.7 Å². The second-order valence-electron chi connectivity index (χ2n) is 6.21. The summed E-state index contributed by atoms with van der Waals surface area (Å²) in [5, 5.41) is 4.66. The number of hydrogen-bond acceptors (Lipinski definition) is 2. The van der Waals surface area contributed by atoms with Crippen molar-refractivity contribution in [3.63, 3.8) is 0 Å². The second-order valence-corrected chi connectivity index (χ2v) is 6.21. The van der Waals surface area contributed by atoms with E-state index >= 15 is 0 Å². The second kappa shape index (κ2) is 5.85. The number of hydrogen-bond donors (Lipinski definition) is 0. The fraction of sp³-hybridized carbons (Fsp3) is 0.733. The first kappa shape index (κ1) is 14.9. The number of nitrogens with zero attached hydrogens (tertiary/aromatic N) is 4. The van der Waals surface area contributed by atoms with Gasteiger partial charge in [-0.25, -0.2) is 4.79 Å². The highest BCUT2D eigenvalue weighted by Crippen LogP contribution is 2.27. The zero-order valence-corrected chi connectivity index (χ0v) is 13.3. The number of urea groups is 1. The Morgan fingerprint density at radius 3 is 2.45 bits per heavy atom. The molecule has 5 heteroatoms. The normalized spacial score (nSPS) is 16.8. The van der Waals surface area contributed by atoms with E-state index in [4.69, 9.17) is 0 Å². The van der Waals surface area contributed by atoms with E-state index in [-0.39, 0.29) is 6.03 Å². The zero-order valence-electron chi connectivity index (χ0n) is 13.3. The molecule has 0 aromatic carbocycles. The molecule has 112 valence electrons. The van der Waals surface area contributed by atoms with Gasteiger partial charge < -0.3 is 9.80 Å².